The lowest BCUT2D eigenvalue weighted by Crippen LogP contribution is -2.09. The van der Waals surface area contributed by atoms with Gasteiger partial charge in [0, 0.05) is 18.0 Å². The Hall–Kier alpha value is -2.83. The molecular formula is C17H10Cl2F3N5O3S. The van der Waals surface area contributed by atoms with Crippen LogP contribution in [0.3, 0.4) is 0 Å². The molecule has 0 saturated carbocycles. The van der Waals surface area contributed by atoms with Crippen LogP contribution in [0, 0.1) is 0 Å². The molecule has 0 bridgehead atoms. The van der Waals surface area contributed by atoms with E-state index in [2.05, 4.69) is 19.8 Å². The van der Waals surface area contributed by atoms with Gasteiger partial charge in [-0.25, -0.2) is 13.4 Å². The van der Waals surface area contributed by atoms with E-state index in [-0.39, 0.29) is 38.8 Å². The maximum atomic E-state index is 13.0. The van der Waals surface area contributed by atoms with Crippen molar-refractivity contribution in [2.75, 3.05) is 11.0 Å². The molecule has 3 heterocycles. The Morgan fingerprint density at radius 1 is 1.10 bits per heavy atom. The Morgan fingerprint density at radius 2 is 1.84 bits per heavy atom. The van der Waals surface area contributed by atoms with Crippen LogP contribution < -0.4 is 4.72 Å². The monoisotopic (exact) mass is 491 g/mol. The standard InChI is InChI=1S/C17H10Cl2F3N5O3S/c1-31(28,29)26-12-3-2-8(4-10(12)18)14-24-16(30-25-14)13-7-27-6-9(17(20,21)22)5-11(19)15(27)23-13/h2-7,26H,1H3. The number of hydrogen-bond donors (Lipinski definition) is 1. The highest BCUT2D eigenvalue weighted by Gasteiger charge is 2.32. The third-order valence-electron chi connectivity index (χ3n) is 4.00. The van der Waals surface area contributed by atoms with E-state index in [1.54, 1.807) is 0 Å². The minimum Gasteiger partial charge on any atom is -0.332 e. The topological polar surface area (TPSA) is 102 Å². The Bertz CT molecular complexity index is 1420. The second-order valence-corrected chi connectivity index (χ2v) is 8.99. The van der Waals surface area contributed by atoms with Crippen molar-refractivity contribution in [3.05, 3.63) is 52.3 Å². The number of hydrogen-bond acceptors (Lipinski definition) is 6. The minimum absolute atomic E-state index is 0.0576. The van der Waals surface area contributed by atoms with Crippen molar-refractivity contribution < 1.29 is 26.1 Å². The van der Waals surface area contributed by atoms with E-state index in [0.717, 1.165) is 22.9 Å². The molecule has 0 saturated heterocycles. The van der Waals surface area contributed by atoms with Crippen LogP contribution in [-0.2, 0) is 16.2 Å². The van der Waals surface area contributed by atoms with E-state index < -0.39 is 21.8 Å². The highest BCUT2D eigenvalue weighted by atomic mass is 35.5. The summed E-state index contributed by atoms with van der Waals surface area (Å²) in [6, 6.07) is 5.16. The van der Waals surface area contributed by atoms with Crippen molar-refractivity contribution in [2.24, 2.45) is 0 Å². The van der Waals surface area contributed by atoms with Crippen molar-refractivity contribution in [2.45, 2.75) is 6.18 Å². The first kappa shape index (κ1) is 21.4. The molecular weight excluding hydrogens is 482 g/mol. The second kappa shape index (κ2) is 7.39. The molecule has 1 aromatic carbocycles. The highest BCUT2D eigenvalue weighted by Crippen LogP contribution is 2.33. The van der Waals surface area contributed by atoms with Crippen LogP contribution in [-0.4, -0.2) is 34.2 Å². The lowest BCUT2D eigenvalue weighted by atomic mass is 10.2. The summed E-state index contributed by atoms with van der Waals surface area (Å²) in [6.45, 7) is 0. The number of anilines is 1. The van der Waals surface area contributed by atoms with E-state index in [9.17, 15) is 21.6 Å². The highest BCUT2D eigenvalue weighted by molar-refractivity contribution is 7.92. The van der Waals surface area contributed by atoms with E-state index in [4.69, 9.17) is 27.7 Å². The van der Waals surface area contributed by atoms with Crippen molar-refractivity contribution >= 4 is 44.6 Å². The van der Waals surface area contributed by atoms with Crippen LogP contribution >= 0.6 is 23.2 Å². The predicted molar refractivity (Wildman–Crippen MR) is 107 cm³/mol. The van der Waals surface area contributed by atoms with Gasteiger partial charge in [0.15, 0.2) is 5.65 Å². The maximum absolute atomic E-state index is 13.0. The van der Waals surface area contributed by atoms with E-state index in [1.165, 1.54) is 24.4 Å². The number of benzene rings is 1. The largest absolute Gasteiger partial charge is 0.417 e. The first-order valence-corrected chi connectivity index (χ1v) is 10.9. The van der Waals surface area contributed by atoms with Gasteiger partial charge in [-0.1, -0.05) is 28.4 Å². The summed E-state index contributed by atoms with van der Waals surface area (Å²) >= 11 is 12.0. The van der Waals surface area contributed by atoms with Gasteiger partial charge >= 0.3 is 6.18 Å². The molecule has 0 radical (unpaired) electrons. The second-order valence-electron chi connectivity index (χ2n) is 6.42. The number of fused-ring (bicyclic) bond motifs is 1. The zero-order valence-electron chi connectivity index (χ0n) is 15.3. The number of rotatable bonds is 4. The first-order chi connectivity index (χ1) is 14.4. The van der Waals surface area contributed by atoms with Gasteiger partial charge < -0.3 is 8.92 Å². The van der Waals surface area contributed by atoms with Crippen LogP contribution in [0.15, 0.2) is 41.2 Å². The number of halogens is 5. The molecule has 0 fully saturated rings. The molecule has 162 valence electrons. The van der Waals surface area contributed by atoms with E-state index >= 15 is 0 Å². The lowest BCUT2D eigenvalue weighted by molar-refractivity contribution is -0.137. The van der Waals surface area contributed by atoms with Crippen LogP contribution in [0.1, 0.15) is 5.56 Å². The number of nitrogens with zero attached hydrogens (tertiary/aromatic N) is 4. The van der Waals surface area contributed by atoms with Gasteiger partial charge in [0.05, 0.1) is 27.6 Å². The average Bonchev–Trinajstić information content (AvgIpc) is 3.28. The summed E-state index contributed by atoms with van der Waals surface area (Å²) < 4.78 is 70.2. The zero-order chi connectivity index (χ0) is 22.6. The number of aromatic nitrogens is 4. The molecule has 0 spiro atoms. The molecule has 4 rings (SSSR count). The minimum atomic E-state index is -4.57. The quantitative estimate of drug-likeness (QED) is 0.441. The van der Waals surface area contributed by atoms with Crippen molar-refractivity contribution in [1.29, 1.82) is 0 Å². The Morgan fingerprint density at radius 3 is 2.48 bits per heavy atom. The maximum Gasteiger partial charge on any atom is 0.417 e. The molecule has 0 amide bonds. The predicted octanol–water partition coefficient (Wildman–Crippen LogP) is 4.75. The smallest absolute Gasteiger partial charge is 0.332 e. The molecule has 8 nitrogen and oxygen atoms in total. The van der Waals surface area contributed by atoms with Crippen molar-refractivity contribution in [1.82, 2.24) is 19.5 Å². The van der Waals surface area contributed by atoms with Gasteiger partial charge in [-0.05, 0) is 24.3 Å². The molecule has 4 aromatic rings. The van der Waals surface area contributed by atoms with Gasteiger partial charge in [-0.2, -0.15) is 18.2 Å². The Kier molecular flexibility index (Phi) is 5.10. The summed E-state index contributed by atoms with van der Waals surface area (Å²) in [7, 11) is -3.51. The summed E-state index contributed by atoms with van der Waals surface area (Å²) in [5.74, 6) is 0.0553. The van der Waals surface area contributed by atoms with Gasteiger partial charge in [0.1, 0.15) is 5.69 Å². The van der Waals surface area contributed by atoms with Gasteiger partial charge in [0.2, 0.25) is 15.8 Å². The molecule has 0 unspecified atom stereocenters. The molecule has 0 aliphatic heterocycles. The van der Waals surface area contributed by atoms with Crippen LogP contribution in [0.5, 0.6) is 0 Å². The molecule has 0 aliphatic rings. The van der Waals surface area contributed by atoms with E-state index in [0.29, 0.717) is 5.56 Å². The summed E-state index contributed by atoms with van der Waals surface area (Å²) in [5, 5.41) is 3.72. The Balaban J connectivity index is 1.68. The van der Waals surface area contributed by atoms with Crippen molar-refractivity contribution in [3.8, 4) is 23.0 Å². The average molecular weight is 492 g/mol. The third kappa shape index (κ3) is 4.45. The van der Waals surface area contributed by atoms with Gasteiger partial charge in [0.25, 0.3) is 5.89 Å². The number of pyridine rings is 1. The summed E-state index contributed by atoms with van der Waals surface area (Å²) in [6.07, 6.45) is -1.46. The first-order valence-electron chi connectivity index (χ1n) is 8.28. The fourth-order valence-electron chi connectivity index (χ4n) is 2.70. The molecule has 0 atom stereocenters. The number of imidazole rings is 1. The Labute approximate surface area is 182 Å². The lowest BCUT2D eigenvalue weighted by Gasteiger charge is -2.07. The zero-order valence-corrected chi connectivity index (χ0v) is 17.6. The SMILES string of the molecule is CS(=O)(=O)Nc1ccc(-c2noc(-c3cn4cc(C(F)(F)F)cc(Cl)c4n3)n2)cc1Cl. The summed E-state index contributed by atoms with van der Waals surface area (Å²) in [5.41, 5.74) is -0.144. The molecule has 14 heteroatoms. The number of alkyl halides is 3. The molecule has 0 aliphatic carbocycles. The van der Waals surface area contributed by atoms with Crippen LogP contribution in [0.4, 0.5) is 18.9 Å². The van der Waals surface area contributed by atoms with Crippen LogP contribution in [0.2, 0.25) is 10.0 Å². The van der Waals surface area contributed by atoms with Gasteiger partial charge in [-0.3, -0.25) is 4.72 Å². The fourth-order valence-corrected chi connectivity index (χ4v) is 3.82. The molecule has 31 heavy (non-hydrogen) atoms. The summed E-state index contributed by atoms with van der Waals surface area (Å²) in [4.78, 5) is 8.33. The third-order valence-corrected chi connectivity index (χ3v) is 5.18. The van der Waals surface area contributed by atoms with Gasteiger partial charge in [-0.15, -0.1) is 0 Å². The van der Waals surface area contributed by atoms with E-state index in [1.807, 2.05) is 0 Å². The fraction of sp³-hybridized carbons (Fsp3) is 0.118. The molecule has 1 N–H and O–H groups in total. The number of nitrogens with one attached hydrogen (secondary N) is 1. The number of sulfonamides is 1. The normalized spacial score (nSPS) is 12.5. The van der Waals surface area contributed by atoms with Crippen molar-refractivity contribution in [3.63, 3.8) is 0 Å². The van der Waals surface area contributed by atoms with Crippen LogP contribution in [0.25, 0.3) is 28.6 Å². The molecule has 3 aromatic heterocycles.